The van der Waals surface area contributed by atoms with Crippen molar-refractivity contribution in [3.8, 4) is 16.9 Å². The molecule has 220 valence electrons. The molecule has 5 rings (SSSR count). The molecule has 0 bridgehead atoms. The molecule has 0 unspecified atom stereocenters. The van der Waals surface area contributed by atoms with Gasteiger partial charge in [0.15, 0.2) is 0 Å². The summed E-state index contributed by atoms with van der Waals surface area (Å²) < 4.78 is 42.3. The van der Waals surface area contributed by atoms with Crippen molar-refractivity contribution in [2.45, 2.75) is 20.0 Å². The molecule has 0 aliphatic carbocycles. The highest BCUT2D eigenvalue weighted by Gasteiger charge is 2.31. The molecule has 3 heterocycles. The molecule has 1 amide bonds. The Hall–Kier alpha value is -4.52. The topological polar surface area (TPSA) is 129 Å². The number of halogens is 5. The summed E-state index contributed by atoms with van der Waals surface area (Å²) in [4.78, 5) is 30.1. The van der Waals surface area contributed by atoms with E-state index < -0.39 is 17.6 Å². The highest BCUT2D eigenvalue weighted by atomic mass is 35.5. The van der Waals surface area contributed by atoms with Gasteiger partial charge < -0.3 is 20.7 Å². The van der Waals surface area contributed by atoms with Crippen LogP contribution in [-0.4, -0.2) is 35.9 Å². The molecular weight excluding hydrogens is 594 g/mol. The minimum absolute atomic E-state index is 0. The molecule has 0 saturated heterocycles. The number of alkyl halides is 3. The number of carbonyl (C=O) groups is 1. The Balaban J connectivity index is 0.00000205. The van der Waals surface area contributed by atoms with E-state index in [0.717, 1.165) is 23.3 Å². The van der Waals surface area contributed by atoms with Crippen LogP contribution in [-0.2, 0) is 6.18 Å². The van der Waals surface area contributed by atoms with Gasteiger partial charge in [-0.15, -0.1) is 24.8 Å². The van der Waals surface area contributed by atoms with Crippen molar-refractivity contribution in [3.63, 3.8) is 0 Å². The van der Waals surface area contributed by atoms with Gasteiger partial charge in [-0.1, -0.05) is 6.07 Å². The van der Waals surface area contributed by atoms with E-state index in [0.29, 0.717) is 23.0 Å². The lowest BCUT2D eigenvalue weighted by Gasteiger charge is -2.14. The number of nitrogens with zero attached hydrogens (tertiary/aromatic N) is 5. The second kappa shape index (κ2) is 13.9. The van der Waals surface area contributed by atoms with Gasteiger partial charge in [0.05, 0.1) is 23.3 Å². The van der Waals surface area contributed by atoms with E-state index >= 15 is 0 Å². The monoisotopic (exact) mass is 619 g/mol. The lowest BCUT2D eigenvalue weighted by molar-refractivity contribution is -0.137. The molecule has 0 aliphatic rings. The van der Waals surface area contributed by atoms with Gasteiger partial charge in [-0.3, -0.25) is 9.78 Å². The van der Waals surface area contributed by atoms with Crippen molar-refractivity contribution in [3.05, 3.63) is 108 Å². The Bertz CT molecular complexity index is 1670. The summed E-state index contributed by atoms with van der Waals surface area (Å²) in [5.41, 5.74) is 3.09. The number of rotatable bonds is 6. The fraction of sp³-hybridized carbons (Fsp3) is 0.107. The Morgan fingerprint density at radius 1 is 0.952 bits per heavy atom. The SMILES string of the molecule is Cc1cn(-c2cc(NC(=O)c3ccc(C)c(Nc4nccc(-c5cccnc5)n4)c3)cc(C(F)(F)F)c2)cn1.Cl.Cl.O. The molecule has 0 aliphatic heterocycles. The average molecular weight is 620 g/mol. The van der Waals surface area contributed by atoms with Crippen LogP contribution in [0.1, 0.15) is 27.2 Å². The first-order chi connectivity index (χ1) is 18.7. The van der Waals surface area contributed by atoms with Crippen LogP contribution in [0.15, 0.2) is 85.7 Å². The Kier molecular flexibility index (Phi) is 11.1. The van der Waals surface area contributed by atoms with Gasteiger partial charge >= 0.3 is 6.18 Å². The summed E-state index contributed by atoms with van der Waals surface area (Å²) in [6, 6.07) is 13.7. The summed E-state index contributed by atoms with van der Waals surface area (Å²) in [6.45, 7) is 3.58. The largest absolute Gasteiger partial charge is 0.416 e. The van der Waals surface area contributed by atoms with Crippen molar-refractivity contribution in [2.24, 2.45) is 0 Å². The zero-order valence-corrected chi connectivity index (χ0v) is 23.8. The van der Waals surface area contributed by atoms with Crippen LogP contribution in [0.2, 0.25) is 0 Å². The summed E-state index contributed by atoms with van der Waals surface area (Å²) in [5, 5.41) is 5.71. The number of imidazole rings is 1. The molecule has 5 aromatic rings. The predicted octanol–water partition coefficient (Wildman–Crippen LogP) is 6.37. The maximum atomic E-state index is 13.6. The highest BCUT2D eigenvalue weighted by molar-refractivity contribution is 6.05. The van der Waals surface area contributed by atoms with Crippen molar-refractivity contribution >= 4 is 48.0 Å². The Morgan fingerprint density at radius 2 is 1.74 bits per heavy atom. The van der Waals surface area contributed by atoms with E-state index in [1.807, 2.05) is 13.0 Å². The van der Waals surface area contributed by atoms with E-state index in [4.69, 9.17) is 0 Å². The average Bonchev–Trinajstić information content (AvgIpc) is 3.36. The maximum Gasteiger partial charge on any atom is 0.416 e. The Labute approximate surface area is 251 Å². The number of hydrogen-bond donors (Lipinski definition) is 2. The van der Waals surface area contributed by atoms with Crippen molar-refractivity contribution in [1.82, 2.24) is 24.5 Å². The van der Waals surface area contributed by atoms with Crippen LogP contribution >= 0.6 is 24.8 Å². The van der Waals surface area contributed by atoms with Crippen LogP contribution < -0.4 is 10.6 Å². The van der Waals surface area contributed by atoms with E-state index in [2.05, 4.69) is 30.6 Å². The number of hydrogen-bond acceptors (Lipinski definition) is 6. The molecule has 42 heavy (non-hydrogen) atoms. The lowest BCUT2D eigenvalue weighted by atomic mass is 10.1. The first kappa shape index (κ1) is 33.7. The molecule has 2 aromatic carbocycles. The number of aromatic nitrogens is 5. The third-order valence-corrected chi connectivity index (χ3v) is 5.87. The smallest absolute Gasteiger partial charge is 0.412 e. The zero-order chi connectivity index (χ0) is 27.6. The second-order valence-electron chi connectivity index (χ2n) is 8.80. The van der Waals surface area contributed by atoms with Crippen LogP contribution in [0.5, 0.6) is 0 Å². The normalized spacial score (nSPS) is 10.5. The number of benzene rings is 2. The molecule has 0 atom stereocenters. The first-order valence-corrected chi connectivity index (χ1v) is 11.8. The van der Waals surface area contributed by atoms with Crippen LogP contribution in [0, 0.1) is 13.8 Å². The van der Waals surface area contributed by atoms with Crippen molar-refractivity contribution in [2.75, 3.05) is 10.6 Å². The maximum absolute atomic E-state index is 13.6. The third-order valence-electron chi connectivity index (χ3n) is 5.87. The van der Waals surface area contributed by atoms with Crippen LogP contribution in [0.3, 0.4) is 0 Å². The van der Waals surface area contributed by atoms with E-state index in [-0.39, 0.29) is 47.2 Å². The predicted molar refractivity (Wildman–Crippen MR) is 159 cm³/mol. The minimum Gasteiger partial charge on any atom is -0.412 e. The van der Waals surface area contributed by atoms with E-state index in [1.54, 1.807) is 62.0 Å². The summed E-state index contributed by atoms with van der Waals surface area (Å²) in [6.07, 6.45) is 3.38. The second-order valence-corrected chi connectivity index (χ2v) is 8.80. The number of amides is 1. The molecule has 14 heteroatoms. The fourth-order valence-corrected chi connectivity index (χ4v) is 3.87. The summed E-state index contributed by atoms with van der Waals surface area (Å²) in [7, 11) is 0. The van der Waals surface area contributed by atoms with E-state index in [9.17, 15) is 18.0 Å². The third kappa shape index (κ3) is 7.81. The number of carbonyl (C=O) groups excluding carboxylic acids is 1. The van der Waals surface area contributed by atoms with Crippen LogP contribution in [0.25, 0.3) is 16.9 Å². The molecular formula is C28H26Cl2F3N7O2. The van der Waals surface area contributed by atoms with Crippen molar-refractivity contribution < 1.29 is 23.4 Å². The Morgan fingerprint density at radius 3 is 2.40 bits per heavy atom. The minimum atomic E-state index is -4.60. The van der Waals surface area contributed by atoms with Gasteiger partial charge in [-0.25, -0.2) is 15.0 Å². The zero-order valence-electron chi connectivity index (χ0n) is 22.2. The molecule has 0 fully saturated rings. The molecule has 4 N–H and O–H groups in total. The molecule has 0 radical (unpaired) electrons. The van der Waals surface area contributed by atoms with Gasteiger partial charge in [0.2, 0.25) is 5.95 Å². The molecule has 0 spiro atoms. The van der Waals surface area contributed by atoms with Crippen molar-refractivity contribution in [1.29, 1.82) is 0 Å². The van der Waals surface area contributed by atoms with Gasteiger partial charge in [-0.2, -0.15) is 13.2 Å². The lowest BCUT2D eigenvalue weighted by Crippen LogP contribution is -2.14. The van der Waals surface area contributed by atoms with Gasteiger partial charge in [0.25, 0.3) is 5.91 Å². The quantitative estimate of drug-likeness (QED) is 0.227. The number of aryl methyl sites for hydroxylation is 2. The molecule has 9 nitrogen and oxygen atoms in total. The summed E-state index contributed by atoms with van der Waals surface area (Å²) in [5.74, 6) is -0.259. The van der Waals surface area contributed by atoms with E-state index in [1.165, 1.54) is 17.0 Å². The van der Waals surface area contributed by atoms with Gasteiger partial charge in [0.1, 0.15) is 0 Å². The first-order valence-electron chi connectivity index (χ1n) is 11.8. The van der Waals surface area contributed by atoms with Crippen LogP contribution in [0.4, 0.5) is 30.5 Å². The number of nitrogens with one attached hydrogen (secondary N) is 2. The van der Waals surface area contributed by atoms with Gasteiger partial charge in [0, 0.05) is 53.0 Å². The molecule has 0 saturated carbocycles. The highest BCUT2D eigenvalue weighted by Crippen LogP contribution is 2.33. The molecule has 3 aromatic heterocycles. The number of anilines is 3. The van der Waals surface area contributed by atoms with Gasteiger partial charge in [-0.05, 0) is 67.9 Å². The standard InChI is InChI=1S/C28H22F3N7O.2ClH.H2O/c1-17-5-6-19(10-25(17)37-27-33-9-7-24(36-27)20-4-3-8-32-14-20)26(39)35-22-11-21(28(29,30)31)12-23(13-22)38-15-18(2)34-16-38;;;/h3-16H,1-2H3,(H,35,39)(H,33,36,37);2*1H;1H2. The number of pyridine rings is 1. The fourth-order valence-electron chi connectivity index (χ4n) is 3.87. The summed E-state index contributed by atoms with van der Waals surface area (Å²) >= 11 is 0.